The molecule has 2 N–H and O–H groups in total. The topological polar surface area (TPSA) is 38.9 Å². The fraction of sp³-hybridized carbons (Fsp3) is 0.0714. The van der Waals surface area contributed by atoms with Gasteiger partial charge in [0.25, 0.3) is 0 Å². The number of aryl methyl sites for hydroxylation is 1. The van der Waals surface area contributed by atoms with Crippen LogP contribution in [-0.4, -0.2) is 4.98 Å². The van der Waals surface area contributed by atoms with E-state index in [1.54, 1.807) is 0 Å². The smallest absolute Gasteiger partial charge is 0.0938 e. The molecule has 0 saturated carbocycles. The summed E-state index contributed by atoms with van der Waals surface area (Å²) in [5.41, 5.74) is 9.78. The molecular weight excluding hydrogens is 196 g/mol. The fourth-order valence-corrected chi connectivity index (χ4v) is 2.00. The van der Waals surface area contributed by atoms with Gasteiger partial charge >= 0.3 is 0 Å². The summed E-state index contributed by atoms with van der Waals surface area (Å²) in [7, 11) is 0. The maximum atomic E-state index is 5.91. The van der Waals surface area contributed by atoms with Crippen molar-refractivity contribution in [2.45, 2.75) is 6.92 Å². The van der Waals surface area contributed by atoms with Crippen LogP contribution < -0.4 is 5.73 Å². The molecule has 0 bridgehead atoms. The van der Waals surface area contributed by atoms with E-state index in [-0.39, 0.29) is 0 Å². The largest absolute Gasteiger partial charge is 0.397 e. The highest BCUT2D eigenvalue weighted by Crippen LogP contribution is 2.24. The predicted octanol–water partition coefficient (Wildman–Crippen LogP) is 3.28. The van der Waals surface area contributed by atoms with E-state index in [1.807, 2.05) is 24.3 Å². The normalized spacial score (nSPS) is 11.1. The van der Waals surface area contributed by atoms with Crippen molar-refractivity contribution >= 4 is 27.5 Å². The first-order valence-electron chi connectivity index (χ1n) is 5.30. The van der Waals surface area contributed by atoms with Gasteiger partial charge in [-0.1, -0.05) is 23.8 Å². The minimum absolute atomic E-state index is 0.736. The van der Waals surface area contributed by atoms with Gasteiger partial charge in [0.15, 0.2) is 0 Å². The van der Waals surface area contributed by atoms with Crippen LogP contribution in [0.15, 0.2) is 42.5 Å². The average Bonchev–Trinajstić information content (AvgIpc) is 2.27. The van der Waals surface area contributed by atoms with Gasteiger partial charge in [-0.05, 0) is 31.2 Å². The van der Waals surface area contributed by atoms with Crippen LogP contribution in [0.25, 0.3) is 21.8 Å². The number of hydrogen-bond donors (Lipinski definition) is 1. The molecule has 0 spiro atoms. The maximum Gasteiger partial charge on any atom is 0.0938 e. The predicted molar refractivity (Wildman–Crippen MR) is 68.4 cm³/mol. The number of nitrogens with two attached hydrogens (primary N) is 1. The van der Waals surface area contributed by atoms with Crippen molar-refractivity contribution < 1.29 is 0 Å². The van der Waals surface area contributed by atoms with Gasteiger partial charge in [0, 0.05) is 10.8 Å². The fourth-order valence-electron chi connectivity index (χ4n) is 2.00. The van der Waals surface area contributed by atoms with Gasteiger partial charge in [-0.3, -0.25) is 0 Å². The van der Waals surface area contributed by atoms with Gasteiger partial charge in [-0.25, -0.2) is 4.98 Å². The molecule has 0 saturated heterocycles. The number of para-hydroxylation sites is 1. The standard InChI is InChI=1S/C14H12N2/c1-9-5-6-13-11(7-9)8-10-3-2-4-12(15)14(10)16-13/h2-8H,15H2,1H3. The van der Waals surface area contributed by atoms with Crippen molar-refractivity contribution in [3.63, 3.8) is 0 Å². The molecule has 0 atom stereocenters. The van der Waals surface area contributed by atoms with Crippen molar-refractivity contribution in [1.29, 1.82) is 0 Å². The average molecular weight is 208 g/mol. The number of hydrogen-bond acceptors (Lipinski definition) is 2. The van der Waals surface area contributed by atoms with Gasteiger partial charge in [0.2, 0.25) is 0 Å². The number of fused-ring (bicyclic) bond motifs is 2. The molecule has 78 valence electrons. The van der Waals surface area contributed by atoms with Crippen molar-refractivity contribution in [2.75, 3.05) is 5.73 Å². The first-order chi connectivity index (χ1) is 7.74. The molecule has 0 aliphatic rings. The van der Waals surface area contributed by atoms with Gasteiger partial charge in [-0.2, -0.15) is 0 Å². The van der Waals surface area contributed by atoms with Crippen molar-refractivity contribution in [2.24, 2.45) is 0 Å². The molecule has 0 unspecified atom stereocenters. The number of rotatable bonds is 0. The molecule has 2 heteroatoms. The lowest BCUT2D eigenvalue weighted by atomic mass is 10.1. The zero-order valence-electron chi connectivity index (χ0n) is 9.07. The Kier molecular flexibility index (Phi) is 1.83. The van der Waals surface area contributed by atoms with E-state index in [2.05, 4.69) is 30.1 Å². The van der Waals surface area contributed by atoms with Gasteiger partial charge < -0.3 is 5.73 Å². The zero-order valence-corrected chi connectivity index (χ0v) is 9.07. The van der Waals surface area contributed by atoms with E-state index in [0.717, 1.165) is 27.5 Å². The summed E-state index contributed by atoms with van der Waals surface area (Å²) >= 11 is 0. The number of anilines is 1. The molecule has 1 aromatic heterocycles. The molecule has 3 aromatic rings. The summed E-state index contributed by atoms with van der Waals surface area (Å²) in [5.74, 6) is 0. The quantitative estimate of drug-likeness (QED) is 0.455. The number of nitrogens with zero attached hydrogens (tertiary/aromatic N) is 1. The molecule has 16 heavy (non-hydrogen) atoms. The maximum absolute atomic E-state index is 5.91. The highest BCUT2D eigenvalue weighted by molar-refractivity contribution is 5.97. The third kappa shape index (κ3) is 1.31. The lowest BCUT2D eigenvalue weighted by Crippen LogP contribution is -1.90. The van der Waals surface area contributed by atoms with Gasteiger partial charge in [0.05, 0.1) is 16.7 Å². The van der Waals surface area contributed by atoms with Crippen LogP contribution in [0.1, 0.15) is 5.56 Å². The van der Waals surface area contributed by atoms with E-state index in [9.17, 15) is 0 Å². The first kappa shape index (κ1) is 9.16. The summed E-state index contributed by atoms with van der Waals surface area (Å²) in [5, 5.41) is 2.26. The Hall–Kier alpha value is -2.09. The summed E-state index contributed by atoms with van der Waals surface area (Å²) in [6.07, 6.45) is 0. The molecule has 0 fully saturated rings. The van der Waals surface area contributed by atoms with Crippen LogP contribution in [0.4, 0.5) is 5.69 Å². The van der Waals surface area contributed by atoms with Crippen LogP contribution >= 0.6 is 0 Å². The minimum Gasteiger partial charge on any atom is -0.397 e. The van der Waals surface area contributed by atoms with E-state index < -0.39 is 0 Å². The molecule has 0 radical (unpaired) electrons. The summed E-state index contributed by atoms with van der Waals surface area (Å²) < 4.78 is 0. The Morgan fingerprint density at radius 3 is 2.75 bits per heavy atom. The van der Waals surface area contributed by atoms with Crippen LogP contribution in [0, 0.1) is 6.92 Å². The van der Waals surface area contributed by atoms with Gasteiger partial charge in [-0.15, -0.1) is 0 Å². The molecular formula is C14H12N2. The Morgan fingerprint density at radius 2 is 1.88 bits per heavy atom. The molecule has 1 heterocycles. The Bertz CT molecular complexity index is 686. The molecule has 0 amide bonds. The first-order valence-corrected chi connectivity index (χ1v) is 5.30. The second-order valence-corrected chi connectivity index (χ2v) is 4.10. The van der Waals surface area contributed by atoms with Crippen molar-refractivity contribution in [3.05, 3.63) is 48.0 Å². The molecule has 2 aromatic carbocycles. The number of nitrogen functional groups attached to an aromatic ring is 1. The highest BCUT2D eigenvalue weighted by atomic mass is 14.7. The summed E-state index contributed by atoms with van der Waals surface area (Å²) in [6.45, 7) is 2.09. The Morgan fingerprint density at radius 1 is 1.00 bits per heavy atom. The minimum atomic E-state index is 0.736. The van der Waals surface area contributed by atoms with Crippen LogP contribution in [-0.2, 0) is 0 Å². The third-order valence-electron chi connectivity index (χ3n) is 2.82. The molecule has 0 aliphatic carbocycles. The number of benzene rings is 2. The van der Waals surface area contributed by atoms with E-state index in [0.29, 0.717) is 0 Å². The zero-order chi connectivity index (χ0) is 11.1. The second kappa shape index (κ2) is 3.20. The molecule has 2 nitrogen and oxygen atoms in total. The molecule has 3 rings (SSSR count). The van der Waals surface area contributed by atoms with Crippen LogP contribution in [0.5, 0.6) is 0 Å². The van der Waals surface area contributed by atoms with Crippen LogP contribution in [0.2, 0.25) is 0 Å². The van der Waals surface area contributed by atoms with Crippen molar-refractivity contribution in [3.8, 4) is 0 Å². The summed E-state index contributed by atoms with van der Waals surface area (Å²) in [4.78, 5) is 4.59. The number of pyridine rings is 1. The Labute approximate surface area is 93.7 Å². The highest BCUT2D eigenvalue weighted by Gasteiger charge is 2.02. The SMILES string of the molecule is Cc1ccc2nc3c(N)cccc3cc2c1. The number of aromatic nitrogens is 1. The third-order valence-corrected chi connectivity index (χ3v) is 2.82. The second-order valence-electron chi connectivity index (χ2n) is 4.10. The molecule has 0 aliphatic heterocycles. The van der Waals surface area contributed by atoms with E-state index in [4.69, 9.17) is 5.73 Å². The van der Waals surface area contributed by atoms with E-state index in [1.165, 1.54) is 5.56 Å². The monoisotopic (exact) mass is 208 g/mol. The lowest BCUT2D eigenvalue weighted by Gasteiger charge is -2.04. The van der Waals surface area contributed by atoms with Crippen LogP contribution in [0.3, 0.4) is 0 Å². The van der Waals surface area contributed by atoms with Gasteiger partial charge in [0.1, 0.15) is 0 Å². The Balaban J connectivity index is 2.49. The summed E-state index contributed by atoms with van der Waals surface area (Å²) in [6, 6.07) is 14.3. The lowest BCUT2D eigenvalue weighted by molar-refractivity contribution is 1.45. The van der Waals surface area contributed by atoms with Crippen molar-refractivity contribution in [1.82, 2.24) is 4.98 Å². The van der Waals surface area contributed by atoms with E-state index >= 15 is 0 Å².